The number of aliphatic imine (C=N–C) groups is 1. The lowest BCUT2D eigenvalue weighted by atomic mass is 9.95. The molecule has 6 nitrogen and oxygen atoms in total. The zero-order valence-corrected chi connectivity index (χ0v) is 21.5. The molecule has 0 aromatic heterocycles. The molecule has 2 aliphatic heterocycles. The first kappa shape index (κ1) is 24.6. The summed E-state index contributed by atoms with van der Waals surface area (Å²) < 4.78 is 17.0. The summed E-state index contributed by atoms with van der Waals surface area (Å²) in [4.78, 5) is 7.38. The summed E-state index contributed by atoms with van der Waals surface area (Å²) in [5.41, 5.74) is 3.83. The van der Waals surface area contributed by atoms with Gasteiger partial charge in [0.1, 0.15) is 0 Å². The summed E-state index contributed by atoms with van der Waals surface area (Å²) in [6.45, 7) is 6.26. The molecular weight excluding hydrogens is 517 g/mol. The highest BCUT2D eigenvalue weighted by Crippen LogP contribution is 2.35. The molecular formula is C25H34IN3O3. The number of hydrogen-bond donors (Lipinski definition) is 1. The molecule has 1 fully saturated rings. The van der Waals surface area contributed by atoms with Gasteiger partial charge in [-0.05, 0) is 48.6 Å². The number of nitrogens with one attached hydrogen (secondary N) is 1. The molecule has 2 aliphatic rings. The monoisotopic (exact) mass is 551 g/mol. The van der Waals surface area contributed by atoms with Crippen molar-refractivity contribution in [1.82, 2.24) is 10.2 Å². The summed E-state index contributed by atoms with van der Waals surface area (Å²) in [5, 5.41) is 3.49. The van der Waals surface area contributed by atoms with E-state index in [1.165, 1.54) is 16.7 Å². The molecule has 174 valence electrons. The quantitative estimate of drug-likeness (QED) is 0.327. The Balaban J connectivity index is 0.00000289. The summed E-state index contributed by atoms with van der Waals surface area (Å²) in [6, 6.07) is 14.7. The van der Waals surface area contributed by atoms with Crippen molar-refractivity contribution >= 4 is 29.9 Å². The number of rotatable bonds is 6. The molecule has 2 heterocycles. The van der Waals surface area contributed by atoms with Gasteiger partial charge >= 0.3 is 0 Å². The van der Waals surface area contributed by atoms with Crippen LogP contribution in [-0.2, 0) is 17.7 Å². The molecule has 2 atom stereocenters. The topological polar surface area (TPSA) is 55.3 Å². The fourth-order valence-corrected chi connectivity index (χ4v) is 4.53. The van der Waals surface area contributed by atoms with Crippen LogP contribution < -0.4 is 14.8 Å². The largest absolute Gasteiger partial charge is 0.493 e. The van der Waals surface area contributed by atoms with E-state index in [1.807, 2.05) is 6.07 Å². The van der Waals surface area contributed by atoms with Gasteiger partial charge in [0.25, 0.3) is 0 Å². The Morgan fingerprint density at radius 3 is 2.53 bits per heavy atom. The average Bonchev–Trinajstić information content (AvgIpc) is 3.29. The highest BCUT2D eigenvalue weighted by Gasteiger charge is 2.30. The molecule has 7 heteroatoms. The zero-order valence-electron chi connectivity index (χ0n) is 19.2. The van der Waals surface area contributed by atoms with E-state index >= 15 is 0 Å². The van der Waals surface area contributed by atoms with Gasteiger partial charge in [-0.1, -0.05) is 30.3 Å². The molecule has 2 aromatic carbocycles. The minimum Gasteiger partial charge on any atom is -0.493 e. The van der Waals surface area contributed by atoms with Gasteiger partial charge < -0.3 is 24.4 Å². The van der Waals surface area contributed by atoms with Gasteiger partial charge in [0.15, 0.2) is 17.5 Å². The van der Waals surface area contributed by atoms with E-state index in [2.05, 4.69) is 53.5 Å². The highest BCUT2D eigenvalue weighted by atomic mass is 127. The van der Waals surface area contributed by atoms with Crippen molar-refractivity contribution in [3.63, 3.8) is 0 Å². The van der Waals surface area contributed by atoms with Crippen LogP contribution in [0.4, 0.5) is 0 Å². The molecule has 4 rings (SSSR count). The van der Waals surface area contributed by atoms with Crippen LogP contribution in [0.3, 0.4) is 0 Å². The summed E-state index contributed by atoms with van der Waals surface area (Å²) >= 11 is 0. The molecule has 1 saturated heterocycles. The summed E-state index contributed by atoms with van der Waals surface area (Å²) in [7, 11) is 3.37. The Labute approximate surface area is 208 Å². The molecule has 32 heavy (non-hydrogen) atoms. The van der Waals surface area contributed by atoms with Crippen LogP contribution in [0, 0.1) is 5.92 Å². The van der Waals surface area contributed by atoms with E-state index in [4.69, 9.17) is 19.2 Å². The zero-order chi connectivity index (χ0) is 21.6. The summed E-state index contributed by atoms with van der Waals surface area (Å²) in [6.07, 6.45) is 2.13. The third-order valence-corrected chi connectivity index (χ3v) is 6.17. The Bertz CT molecular complexity index is 907. The first-order chi connectivity index (χ1) is 15.2. The number of benzene rings is 2. The third-order valence-electron chi connectivity index (χ3n) is 6.17. The van der Waals surface area contributed by atoms with Crippen molar-refractivity contribution in [2.24, 2.45) is 10.9 Å². The molecule has 1 N–H and O–H groups in total. The smallest absolute Gasteiger partial charge is 0.194 e. The Hall–Kier alpha value is -2.00. The van der Waals surface area contributed by atoms with Crippen LogP contribution in [0.2, 0.25) is 0 Å². The van der Waals surface area contributed by atoms with Crippen molar-refractivity contribution < 1.29 is 14.2 Å². The molecule has 0 saturated carbocycles. The summed E-state index contributed by atoms with van der Waals surface area (Å²) in [5.74, 6) is 2.95. The van der Waals surface area contributed by atoms with Gasteiger partial charge in [-0.25, -0.2) is 0 Å². The van der Waals surface area contributed by atoms with E-state index in [1.54, 1.807) is 14.2 Å². The Morgan fingerprint density at radius 2 is 1.84 bits per heavy atom. The maximum atomic E-state index is 6.05. The predicted octanol–water partition coefficient (Wildman–Crippen LogP) is 4.42. The van der Waals surface area contributed by atoms with Crippen molar-refractivity contribution in [3.8, 4) is 11.5 Å². The Morgan fingerprint density at radius 1 is 1.12 bits per heavy atom. The predicted molar refractivity (Wildman–Crippen MR) is 138 cm³/mol. The fourth-order valence-electron chi connectivity index (χ4n) is 4.53. The number of guanidine groups is 1. The van der Waals surface area contributed by atoms with Crippen LogP contribution in [0.25, 0.3) is 0 Å². The minimum atomic E-state index is 0. The fraction of sp³-hybridized carbons (Fsp3) is 0.480. The van der Waals surface area contributed by atoms with Gasteiger partial charge in [-0.3, -0.25) is 4.99 Å². The lowest BCUT2D eigenvalue weighted by Gasteiger charge is -2.32. The van der Waals surface area contributed by atoms with Gasteiger partial charge in [0.05, 0.1) is 20.3 Å². The van der Waals surface area contributed by atoms with E-state index < -0.39 is 0 Å². The van der Waals surface area contributed by atoms with E-state index in [9.17, 15) is 0 Å². The normalized spacial score (nSPS) is 20.3. The lowest BCUT2D eigenvalue weighted by molar-refractivity contribution is 0.0925. The second kappa shape index (κ2) is 11.7. The molecule has 0 spiro atoms. The number of nitrogens with zero attached hydrogens (tertiary/aromatic N) is 2. The van der Waals surface area contributed by atoms with Gasteiger partial charge in [-0.2, -0.15) is 0 Å². The van der Waals surface area contributed by atoms with Crippen LogP contribution in [-0.4, -0.2) is 51.3 Å². The van der Waals surface area contributed by atoms with E-state index in [0.717, 1.165) is 63.1 Å². The van der Waals surface area contributed by atoms with Crippen LogP contribution >= 0.6 is 24.0 Å². The van der Waals surface area contributed by atoms with Crippen LogP contribution in [0.15, 0.2) is 47.5 Å². The average molecular weight is 551 g/mol. The molecule has 0 bridgehead atoms. The minimum absolute atomic E-state index is 0. The number of ether oxygens (including phenoxy) is 3. The van der Waals surface area contributed by atoms with Crippen molar-refractivity contribution in [2.45, 2.75) is 32.4 Å². The maximum absolute atomic E-state index is 6.05. The SMILES string of the molecule is CCNC(=NCC1CCOC1c1ccccc1)N1CCc2cc(OC)c(OC)cc2C1.I. The number of halogens is 1. The standard InChI is InChI=1S/C25H33N3O3.HI/c1-4-26-25(27-16-20-11-13-31-24(20)18-8-6-5-7-9-18)28-12-10-19-14-22(29-2)23(30-3)15-21(19)17-28;/h5-9,14-15,20,24H,4,10-13,16-17H2,1-3H3,(H,26,27);1H. The lowest BCUT2D eigenvalue weighted by Crippen LogP contribution is -2.44. The van der Waals surface area contributed by atoms with Crippen molar-refractivity contribution in [2.75, 3.05) is 40.5 Å². The second-order valence-corrected chi connectivity index (χ2v) is 8.09. The van der Waals surface area contributed by atoms with Crippen LogP contribution in [0.5, 0.6) is 11.5 Å². The molecule has 2 unspecified atom stereocenters. The Kier molecular flexibility index (Phi) is 9.04. The van der Waals surface area contributed by atoms with Gasteiger partial charge in [-0.15, -0.1) is 24.0 Å². The number of methoxy groups -OCH3 is 2. The van der Waals surface area contributed by atoms with Crippen molar-refractivity contribution in [1.29, 1.82) is 0 Å². The first-order valence-electron chi connectivity index (χ1n) is 11.2. The van der Waals surface area contributed by atoms with Gasteiger partial charge in [0, 0.05) is 38.7 Å². The number of hydrogen-bond acceptors (Lipinski definition) is 4. The third kappa shape index (κ3) is 5.49. The molecule has 0 radical (unpaired) electrons. The molecule has 0 aliphatic carbocycles. The highest BCUT2D eigenvalue weighted by molar-refractivity contribution is 14.0. The van der Waals surface area contributed by atoms with Crippen LogP contribution in [0.1, 0.15) is 36.1 Å². The maximum Gasteiger partial charge on any atom is 0.194 e. The van der Waals surface area contributed by atoms with E-state index in [0.29, 0.717) is 5.92 Å². The second-order valence-electron chi connectivity index (χ2n) is 8.09. The van der Waals surface area contributed by atoms with Gasteiger partial charge in [0.2, 0.25) is 0 Å². The molecule has 0 amide bonds. The van der Waals surface area contributed by atoms with Crippen molar-refractivity contribution in [3.05, 3.63) is 59.2 Å². The number of fused-ring (bicyclic) bond motifs is 1. The van der Waals surface area contributed by atoms with E-state index in [-0.39, 0.29) is 30.1 Å². The molecule has 2 aromatic rings. The first-order valence-corrected chi connectivity index (χ1v) is 11.2.